The summed E-state index contributed by atoms with van der Waals surface area (Å²) in [4.78, 5) is 23.5. The van der Waals surface area contributed by atoms with Crippen molar-refractivity contribution in [2.24, 2.45) is 13.0 Å². The van der Waals surface area contributed by atoms with Crippen LogP contribution in [0.3, 0.4) is 0 Å². The van der Waals surface area contributed by atoms with Crippen molar-refractivity contribution in [3.8, 4) is 5.75 Å². The van der Waals surface area contributed by atoms with E-state index in [0.29, 0.717) is 5.75 Å². The van der Waals surface area contributed by atoms with E-state index in [4.69, 9.17) is 4.74 Å². The number of hydrogen-bond acceptors (Lipinski definition) is 3. The molecule has 1 aromatic heterocycles. The smallest absolute Gasteiger partial charge is 0.254 e. The summed E-state index contributed by atoms with van der Waals surface area (Å²) >= 11 is 3.43. The van der Waals surface area contributed by atoms with Gasteiger partial charge in [0, 0.05) is 31.3 Å². The normalized spacial score (nSPS) is 24.8. The molecule has 0 unspecified atom stereocenters. The Balaban J connectivity index is 1.52. The van der Waals surface area contributed by atoms with Gasteiger partial charge < -0.3 is 14.6 Å². The molecule has 0 aromatic carbocycles. The van der Waals surface area contributed by atoms with Crippen LogP contribution in [0.1, 0.15) is 38.5 Å². The molecule has 2 saturated carbocycles. The maximum absolute atomic E-state index is 11.8. The van der Waals surface area contributed by atoms with Crippen molar-refractivity contribution in [1.29, 1.82) is 0 Å². The molecule has 2 aliphatic carbocycles. The number of halogens is 1. The molecular formula is C16H21BrN2O3. The van der Waals surface area contributed by atoms with Gasteiger partial charge in [-0.3, -0.25) is 9.59 Å². The summed E-state index contributed by atoms with van der Waals surface area (Å²) in [5, 5.41) is 3.14. The average molecular weight is 369 g/mol. The number of nitrogens with zero attached hydrogens (tertiary/aromatic N) is 1. The SMILES string of the molecule is Cn1cc(Br)c(OC2CCC(NC(=O)C3CC3)CC2)cc1=O. The predicted molar refractivity (Wildman–Crippen MR) is 86.9 cm³/mol. The molecule has 0 aliphatic heterocycles. The average Bonchev–Trinajstić information content (AvgIpc) is 3.31. The van der Waals surface area contributed by atoms with Gasteiger partial charge in [-0.25, -0.2) is 0 Å². The van der Waals surface area contributed by atoms with E-state index in [9.17, 15) is 9.59 Å². The van der Waals surface area contributed by atoms with Gasteiger partial charge in [0.25, 0.3) is 5.56 Å². The third kappa shape index (κ3) is 3.72. The zero-order chi connectivity index (χ0) is 15.7. The van der Waals surface area contributed by atoms with Gasteiger partial charge in [0.2, 0.25) is 5.91 Å². The zero-order valence-electron chi connectivity index (χ0n) is 12.7. The number of carbonyl (C=O) groups excluding carboxylic acids is 1. The van der Waals surface area contributed by atoms with Gasteiger partial charge in [0.05, 0.1) is 10.6 Å². The molecule has 1 aromatic rings. The fraction of sp³-hybridized carbons (Fsp3) is 0.625. The Bertz CT molecular complexity index is 616. The maximum atomic E-state index is 11.8. The molecule has 0 radical (unpaired) electrons. The third-order valence-electron chi connectivity index (χ3n) is 4.41. The molecule has 0 bridgehead atoms. The summed E-state index contributed by atoms with van der Waals surface area (Å²) < 4.78 is 8.27. The van der Waals surface area contributed by atoms with Gasteiger partial charge in [0.1, 0.15) is 5.75 Å². The highest BCUT2D eigenvalue weighted by atomic mass is 79.9. The first kappa shape index (κ1) is 15.6. The molecule has 22 heavy (non-hydrogen) atoms. The van der Waals surface area contributed by atoms with Crippen LogP contribution in [0.15, 0.2) is 21.5 Å². The Kier molecular flexibility index (Phi) is 4.57. The fourth-order valence-corrected chi connectivity index (χ4v) is 3.35. The molecule has 6 heteroatoms. The van der Waals surface area contributed by atoms with Crippen molar-refractivity contribution in [1.82, 2.24) is 9.88 Å². The van der Waals surface area contributed by atoms with Crippen LogP contribution in [0.5, 0.6) is 5.75 Å². The minimum atomic E-state index is -0.0800. The first-order valence-electron chi connectivity index (χ1n) is 7.86. The van der Waals surface area contributed by atoms with E-state index in [2.05, 4.69) is 21.2 Å². The molecule has 2 fully saturated rings. The first-order chi connectivity index (χ1) is 10.5. The van der Waals surface area contributed by atoms with Crippen LogP contribution in [0.4, 0.5) is 0 Å². The van der Waals surface area contributed by atoms with Gasteiger partial charge in [0.15, 0.2) is 0 Å². The van der Waals surface area contributed by atoms with Crippen molar-refractivity contribution in [3.05, 3.63) is 27.1 Å². The quantitative estimate of drug-likeness (QED) is 0.887. The molecule has 120 valence electrons. The van der Waals surface area contributed by atoms with Crippen LogP contribution in [-0.2, 0) is 11.8 Å². The third-order valence-corrected chi connectivity index (χ3v) is 5.00. The number of amides is 1. The number of nitrogens with one attached hydrogen (secondary N) is 1. The number of ether oxygens (including phenoxy) is 1. The van der Waals surface area contributed by atoms with Crippen molar-refractivity contribution >= 4 is 21.8 Å². The predicted octanol–water partition coefficient (Wildman–Crippen LogP) is 2.36. The molecule has 1 N–H and O–H groups in total. The molecule has 3 rings (SSSR count). The summed E-state index contributed by atoms with van der Waals surface area (Å²) in [6, 6.07) is 1.80. The number of aromatic nitrogens is 1. The Labute approximate surface area is 138 Å². The van der Waals surface area contributed by atoms with Crippen LogP contribution in [0, 0.1) is 5.92 Å². The van der Waals surface area contributed by atoms with Crippen molar-refractivity contribution in [2.45, 2.75) is 50.7 Å². The molecule has 1 amide bonds. The molecule has 0 atom stereocenters. The van der Waals surface area contributed by atoms with Gasteiger partial charge in [-0.05, 0) is 54.5 Å². The lowest BCUT2D eigenvalue weighted by atomic mass is 9.92. The minimum absolute atomic E-state index is 0.0800. The second-order valence-corrected chi connectivity index (χ2v) is 7.16. The number of rotatable bonds is 4. The number of aryl methyl sites for hydroxylation is 1. The van der Waals surface area contributed by atoms with Gasteiger partial charge in [-0.1, -0.05) is 0 Å². The Hall–Kier alpha value is -1.30. The summed E-state index contributed by atoms with van der Waals surface area (Å²) in [5.41, 5.74) is -0.0800. The van der Waals surface area contributed by atoms with Gasteiger partial charge in [-0.15, -0.1) is 0 Å². The lowest BCUT2D eigenvalue weighted by Gasteiger charge is -2.29. The Morgan fingerprint density at radius 1 is 1.27 bits per heavy atom. The number of hydrogen-bond donors (Lipinski definition) is 1. The van der Waals surface area contributed by atoms with Crippen LogP contribution >= 0.6 is 15.9 Å². The van der Waals surface area contributed by atoms with Gasteiger partial charge in [-0.2, -0.15) is 0 Å². The van der Waals surface area contributed by atoms with E-state index in [-0.39, 0.29) is 29.5 Å². The number of pyridine rings is 1. The molecule has 0 spiro atoms. The second kappa shape index (κ2) is 6.44. The molecular weight excluding hydrogens is 348 g/mol. The minimum Gasteiger partial charge on any atom is -0.489 e. The summed E-state index contributed by atoms with van der Waals surface area (Å²) in [7, 11) is 1.71. The summed E-state index contributed by atoms with van der Waals surface area (Å²) in [5.74, 6) is 1.10. The van der Waals surface area contributed by atoms with E-state index in [1.807, 2.05) is 0 Å². The van der Waals surface area contributed by atoms with Crippen LogP contribution in [0.25, 0.3) is 0 Å². The van der Waals surface area contributed by atoms with E-state index >= 15 is 0 Å². The monoisotopic (exact) mass is 368 g/mol. The lowest BCUT2D eigenvalue weighted by molar-refractivity contribution is -0.123. The van der Waals surface area contributed by atoms with Crippen LogP contribution in [0.2, 0.25) is 0 Å². The van der Waals surface area contributed by atoms with E-state index in [0.717, 1.165) is 43.0 Å². The van der Waals surface area contributed by atoms with Crippen LogP contribution in [-0.4, -0.2) is 22.6 Å². The van der Waals surface area contributed by atoms with Crippen molar-refractivity contribution in [3.63, 3.8) is 0 Å². The lowest BCUT2D eigenvalue weighted by Crippen LogP contribution is -2.40. The van der Waals surface area contributed by atoms with Crippen molar-refractivity contribution in [2.75, 3.05) is 0 Å². The highest BCUT2D eigenvalue weighted by Gasteiger charge is 2.32. The highest BCUT2D eigenvalue weighted by Crippen LogP contribution is 2.31. The molecule has 5 nitrogen and oxygen atoms in total. The van der Waals surface area contributed by atoms with E-state index in [1.54, 1.807) is 13.2 Å². The summed E-state index contributed by atoms with van der Waals surface area (Å²) in [6.45, 7) is 0. The zero-order valence-corrected chi connectivity index (χ0v) is 14.3. The Morgan fingerprint density at radius 3 is 2.59 bits per heavy atom. The van der Waals surface area contributed by atoms with E-state index in [1.165, 1.54) is 10.6 Å². The second-order valence-electron chi connectivity index (χ2n) is 6.31. The molecule has 0 saturated heterocycles. The van der Waals surface area contributed by atoms with E-state index < -0.39 is 0 Å². The van der Waals surface area contributed by atoms with Crippen molar-refractivity contribution < 1.29 is 9.53 Å². The number of carbonyl (C=O) groups is 1. The molecule has 2 aliphatic rings. The highest BCUT2D eigenvalue weighted by molar-refractivity contribution is 9.10. The van der Waals surface area contributed by atoms with Gasteiger partial charge >= 0.3 is 0 Å². The summed E-state index contributed by atoms with van der Waals surface area (Å²) in [6.07, 6.45) is 7.59. The first-order valence-corrected chi connectivity index (χ1v) is 8.65. The fourth-order valence-electron chi connectivity index (χ4n) is 2.84. The van der Waals surface area contributed by atoms with Crippen LogP contribution < -0.4 is 15.6 Å². The largest absolute Gasteiger partial charge is 0.489 e. The maximum Gasteiger partial charge on any atom is 0.254 e. The standard InChI is InChI=1S/C16H21BrN2O3/c1-19-9-13(17)14(8-15(19)20)22-12-6-4-11(5-7-12)18-16(21)10-2-3-10/h8-12H,2-7H2,1H3,(H,18,21). The topological polar surface area (TPSA) is 60.3 Å². The Morgan fingerprint density at radius 2 is 1.95 bits per heavy atom. The molecule has 1 heterocycles.